The van der Waals surface area contributed by atoms with Gasteiger partial charge in [0, 0.05) is 10.9 Å². The Balaban J connectivity index is 1.71. The number of benzene rings is 3. The van der Waals surface area contributed by atoms with Gasteiger partial charge in [0.15, 0.2) is 0 Å². The molecule has 0 atom stereocenters. The van der Waals surface area contributed by atoms with E-state index in [4.69, 9.17) is 9.47 Å². The van der Waals surface area contributed by atoms with Crippen LogP contribution in [-0.4, -0.2) is 22.8 Å². The van der Waals surface area contributed by atoms with Gasteiger partial charge >= 0.3 is 5.97 Å². The lowest BCUT2D eigenvalue weighted by molar-refractivity contribution is 0.0525. The zero-order valence-corrected chi connectivity index (χ0v) is 18.3. The van der Waals surface area contributed by atoms with Gasteiger partial charge in [-0.05, 0) is 67.8 Å². The van der Waals surface area contributed by atoms with Crippen LogP contribution in [0.1, 0.15) is 34.0 Å². The molecule has 1 N–H and O–H groups in total. The van der Waals surface area contributed by atoms with E-state index in [0.717, 1.165) is 22.4 Å². The SMILES string of the molecule is CCOC(=O)c1c(C)cc2c(-c3ccc(OCc4ccccc4)cc3)n[nH]c(=O)c2c1C. The van der Waals surface area contributed by atoms with Crippen LogP contribution in [0.3, 0.4) is 0 Å². The molecule has 6 heteroatoms. The molecule has 0 aliphatic carbocycles. The maximum absolute atomic E-state index is 12.6. The third-order valence-electron chi connectivity index (χ3n) is 5.38. The second-order valence-corrected chi connectivity index (χ2v) is 7.54. The molecule has 4 aromatic rings. The predicted octanol–water partition coefficient (Wildman–Crippen LogP) is 4.96. The second-order valence-electron chi connectivity index (χ2n) is 7.54. The number of aromatic nitrogens is 2. The van der Waals surface area contributed by atoms with Crippen molar-refractivity contribution in [1.82, 2.24) is 10.2 Å². The lowest BCUT2D eigenvalue weighted by atomic mass is 9.94. The van der Waals surface area contributed by atoms with Crippen molar-refractivity contribution in [3.8, 4) is 17.0 Å². The number of nitrogens with zero attached hydrogens (tertiary/aromatic N) is 1. The van der Waals surface area contributed by atoms with Crippen LogP contribution in [0.25, 0.3) is 22.0 Å². The van der Waals surface area contributed by atoms with Gasteiger partial charge in [0.1, 0.15) is 12.4 Å². The summed E-state index contributed by atoms with van der Waals surface area (Å²) in [5.74, 6) is 0.311. The van der Waals surface area contributed by atoms with Gasteiger partial charge in [-0.3, -0.25) is 4.79 Å². The molecule has 4 rings (SSSR count). The summed E-state index contributed by atoms with van der Waals surface area (Å²) in [6, 6.07) is 19.4. The van der Waals surface area contributed by atoms with E-state index in [9.17, 15) is 9.59 Å². The summed E-state index contributed by atoms with van der Waals surface area (Å²) in [5.41, 5.74) is 3.97. The minimum Gasteiger partial charge on any atom is -0.489 e. The Labute approximate surface area is 185 Å². The summed E-state index contributed by atoms with van der Waals surface area (Å²) in [5, 5.41) is 8.00. The lowest BCUT2D eigenvalue weighted by Crippen LogP contribution is -2.15. The Morgan fingerprint density at radius 1 is 1.03 bits per heavy atom. The summed E-state index contributed by atoms with van der Waals surface area (Å²) in [4.78, 5) is 25.0. The van der Waals surface area contributed by atoms with E-state index in [2.05, 4.69) is 10.2 Å². The lowest BCUT2D eigenvalue weighted by Gasteiger charge is -2.14. The van der Waals surface area contributed by atoms with Gasteiger partial charge in [0.05, 0.1) is 23.3 Å². The van der Waals surface area contributed by atoms with Crippen LogP contribution in [0.5, 0.6) is 5.75 Å². The molecule has 0 saturated carbocycles. The molecule has 162 valence electrons. The molecule has 6 nitrogen and oxygen atoms in total. The summed E-state index contributed by atoms with van der Waals surface area (Å²) in [6.07, 6.45) is 0. The largest absolute Gasteiger partial charge is 0.489 e. The Kier molecular flexibility index (Phi) is 6.03. The molecule has 0 saturated heterocycles. The number of ether oxygens (including phenoxy) is 2. The van der Waals surface area contributed by atoms with E-state index >= 15 is 0 Å². The monoisotopic (exact) mass is 428 g/mol. The average molecular weight is 428 g/mol. The Bertz CT molecular complexity index is 1330. The normalized spacial score (nSPS) is 10.8. The van der Waals surface area contributed by atoms with Crippen LogP contribution in [-0.2, 0) is 11.3 Å². The molecular formula is C26H24N2O4. The van der Waals surface area contributed by atoms with E-state index in [-0.39, 0.29) is 12.2 Å². The quantitative estimate of drug-likeness (QED) is 0.439. The molecule has 32 heavy (non-hydrogen) atoms. The van der Waals surface area contributed by atoms with Crippen molar-refractivity contribution in [3.63, 3.8) is 0 Å². The summed E-state index contributed by atoms with van der Waals surface area (Å²) >= 11 is 0. The van der Waals surface area contributed by atoms with Crippen LogP contribution >= 0.6 is 0 Å². The summed E-state index contributed by atoms with van der Waals surface area (Å²) < 4.78 is 11.0. The molecule has 0 radical (unpaired) electrons. The number of carbonyl (C=O) groups excluding carboxylic acids is 1. The van der Waals surface area contributed by atoms with Crippen LogP contribution in [0.4, 0.5) is 0 Å². The third kappa shape index (κ3) is 4.12. The second kappa shape index (κ2) is 9.06. The summed E-state index contributed by atoms with van der Waals surface area (Å²) in [6.45, 7) is 6.11. The Morgan fingerprint density at radius 2 is 1.75 bits per heavy atom. The number of hydrogen-bond acceptors (Lipinski definition) is 5. The Morgan fingerprint density at radius 3 is 2.44 bits per heavy atom. The molecule has 0 aliphatic rings. The highest BCUT2D eigenvalue weighted by Gasteiger charge is 2.20. The van der Waals surface area contributed by atoms with Gasteiger partial charge in [0.2, 0.25) is 0 Å². The van der Waals surface area contributed by atoms with E-state index in [1.54, 1.807) is 13.8 Å². The maximum atomic E-state index is 12.6. The average Bonchev–Trinajstić information content (AvgIpc) is 2.79. The summed E-state index contributed by atoms with van der Waals surface area (Å²) in [7, 11) is 0. The fraction of sp³-hybridized carbons (Fsp3) is 0.192. The number of esters is 1. The fourth-order valence-electron chi connectivity index (χ4n) is 3.87. The Hall–Kier alpha value is -3.93. The van der Waals surface area contributed by atoms with E-state index < -0.39 is 5.97 Å². The third-order valence-corrected chi connectivity index (χ3v) is 5.38. The minimum atomic E-state index is -0.429. The van der Waals surface area contributed by atoms with Crippen molar-refractivity contribution < 1.29 is 14.3 Å². The van der Waals surface area contributed by atoms with Crippen LogP contribution < -0.4 is 10.3 Å². The fourth-order valence-corrected chi connectivity index (χ4v) is 3.87. The molecule has 0 amide bonds. The van der Waals surface area contributed by atoms with E-state index in [1.165, 1.54) is 0 Å². The van der Waals surface area contributed by atoms with Crippen molar-refractivity contribution in [2.45, 2.75) is 27.4 Å². The van der Waals surface area contributed by atoms with Gasteiger partial charge in [-0.1, -0.05) is 30.3 Å². The zero-order valence-electron chi connectivity index (χ0n) is 18.3. The number of fused-ring (bicyclic) bond motifs is 1. The predicted molar refractivity (Wildman–Crippen MR) is 124 cm³/mol. The highest BCUT2D eigenvalue weighted by Crippen LogP contribution is 2.31. The van der Waals surface area contributed by atoms with Crippen molar-refractivity contribution in [2.75, 3.05) is 6.61 Å². The number of aryl methyl sites for hydroxylation is 2. The minimum absolute atomic E-state index is 0.270. The van der Waals surface area contributed by atoms with Crippen LogP contribution in [0.15, 0.2) is 65.5 Å². The van der Waals surface area contributed by atoms with Crippen molar-refractivity contribution in [2.24, 2.45) is 0 Å². The van der Waals surface area contributed by atoms with Crippen molar-refractivity contribution >= 4 is 16.7 Å². The molecule has 1 aromatic heterocycles. The van der Waals surface area contributed by atoms with E-state index in [0.29, 0.717) is 34.2 Å². The molecule has 0 spiro atoms. The molecular weight excluding hydrogens is 404 g/mol. The molecule has 0 bridgehead atoms. The maximum Gasteiger partial charge on any atom is 0.338 e. The van der Waals surface area contributed by atoms with E-state index in [1.807, 2.05) is 67.6 Å². The van der Waals surface area contributed by atoms with Gasteiger partial charge in [-0.25, -0.2) is 9.89 Å². The van der Waals surface area contributed by atoms with Crippen molar-refractivity contribution in [1.29, 1.82) is 0 Å². The standard InChI is InChI=1S/C26H24N2O4/c1-4-31-26(30)22-16(2)14-21-23(17(22)3)25(29)28-27-24(21)19-10-12-20(13-11-19)32-15-18-8-6-5-7-9-18/h5-14H,4,15H2,1-3H3,(H,28,29). The molecule has 0 unspecified atom stereocenters. The number of rotatable bonds is 6. The number of nitrogens with one attached hydrogen (secondary N) is 1. The number of carbonyl (C=O) groups is 1. The van der Waals surface area contributed by atoms with Crippen LogP contribution in [0, 0.1) is 13.8 Å². The highest BCUT2D eigenvalue weighted by atomic mass is 16.5. The number of hydrogen-bond donors (Lipinski definition) is 1. The van der Waals surface area contributed by atoms with Gasteiger partial charge in [-0.2, -0.15) is 5.10 Å². The molecule has 0 fully saturated rings. The van der Waals surface area contributed by atoms with Gasteiger partial charge in [0.25, 0.3) is 5.56 Å². The first-order valence-corrected chi connectivity index (χ1v) is 10.5. The first kappa shape index (κ1) is 21.3. The molecule has 0 aliphatic heterocycles. The topological polar surface area (TPSA) is 81.3 Å². The highest BCUT2D eigenvalue weighted by molar-refractivity contribution is 6.03. The molecule has 3 aromatic carbocycles. The first-order chi connectivity index (χ1) is 15.5. The molecule has 1 heterocycles. The van der Waals surface area contributed by atoms with Crippen LogP contribution in [0.2, 0.25) is 0 Å². The number of H-pyrrole nitrogens is 1. The first-order valence-electron chi connectivity index (χ1n) is 10.5. The number of aromatic amines is 1. The van der Waals surface area contributed by atoms with Gasteiger partial charge < -0.3 is 9.47 Å². The van der Waals surface area contributed by atoms with Gasteiger partial charge in [-0.15, -0.1) is 0 Å². The zero-order chi connectivity index (χ0) is 22.7. The smallest absolute Gasteiger partial charge is 0.338 e. The van der Waals surface area contributed by atoms with Crippen molar-refractivity contribution in [3.05, 3.63) is 93.3 Å².